The molecule has 5 rings (SSSR count). The van der Waals surface area contributed by atoms with Crippen molar-refractivity contribution in [3.63, 3.8) is 0 Å². The van der Waals surface area contributed by atoms with Gasteiger partial charge in [0.15, 0.2) is 17.3 Å². The van der Waals surface area contributed by atoms with Gasteiger partial charge in [0.25, 0.3) is 0 Å². The predicted octanol–water partition coefficient (Wildman–Crippen LogP) is 2.28. The van der Waals surface area contributed by atoms with Crippen LogP contribution in [-0.2, 0) is 9.59 Å². The molecule has 2 amide bonds. The lowest BCUT2D eigenvalue weighted by molar-refractivity contribution is -0.122. The first-order chi connectivity index (χ1) is 13.2. The Morgan fingerprint density at radius 3 is 2.96 bits per heavy atom. The molecule has 3 aromatic rings. The van der Waals surface area contributed by atoms with Crippen LogP contribution in [0.15, 0.2) is 42.5 Å². The fourth-order valence-corrected chi connectivity index (χ4v) is 3.46. The van der Waals surface area contributed by atoms with Gasteiger partial charge in [-0.05, 0) is 24.3 Å². The minimum atomic E-state index is -0.446. The second-order valence-electron chi connectivity index (χ2n) is 6.56. The van der Waals surface area contributed by atoms with E-state index in [0.717, 1.165) is 10.9 Å². The summed E-state index contributed by atoms with van der Waals surface area (Å²) < 4.78 is 10.6. The number of nitrogens with zero attached hydrogens (tertiary/aromatic N) is 2. The van der Waals surface area contributed by atoms with Gasteiger partial charge in [-0.2, -0.15) is 5.10 Å². The van der Waals surface area contributed by atoms with Crippen LogP contribution < -0.4 is 19.7 Å². The minimum absolute atomic E-state index is 0.113. The number of hydrogen-bond acceptors (Lipinski definition) is 5. The standard InChI is InChI=1S/C19H16N4O4/c24-17-7-11(9-23(17)18-13-3-1-2-4-14(13)21-22-18)19(25)20-12-5-6-15-16(8-12)27-10-26-15/h1-6,8,11H,7,9-10H2,(H,20,25)(H,21,22). The summed E-state index contributed by atoms with van der Waals surface area (Å²) in [5.74, 6) is 1.05. The monoisotopic (exact) mass is 364 g/mol. The quantitative estimate of drug-likeness (QED) is 0.743. The average molecular weight is 364 g/mol. The number of hydrogen-bond donors (Lipinski definition) is 2. The van der Waals surface area contributed by atoms with Crippen LogP contribution in [-0.4, -0.2) is 35.3 Å². The van der Waals surface area contributed by atoms with Gasteiger partial charge in [0.05, 0.1) is 11.4 Å². The number of nitrogens with one attached hydrogen (secondary N) is 2. The Bertz CT molecular complexity index is 1060. The third kappa shape index (κ3) is 2.66. The largest absolute Gasteiger partial charge is 0.454 e. The van der Waals surface area contributed by atoms with Crippen molar-refractivity contribution in [2.75, 3.05) is 23.6 Å². The molecule has 0 radical (unpaired) electrons. The van der Waals surface area contributed by atoms with E-state index in [1.54, 1.807) is 23.1 Å². The van der Waals surface area contributed by atoms with E-state index in [0.29, 0.717) is 29.5 Å². The molecule has 0 spiro atoms. The second-order valence-corrected chi connectivity index (χ2v) is 6.56. The lowest BCUT2D eigenvalue weighted by Crippen LogP contribution is -2.28. The van der Waals surface area contributed by atoms with E-state index in [9.17, 15) is 9.59 Å². The van der Waals surface area contributed by atoms with E-state index in [1.165, 1.54) is 0 Å². The number of aromatic nitrogens is 2. The van der Waals surface area contributed by atoms with Gasteiger partial charge in [-0.3, -0.25) is 19.6 Å². The van der Waals surface area contributed by atoms with Crippen molar-refractivity contribution in [1.29, 1.82) is 0 Å². The SMILES string of the molecule is O=C(Nc1ccc2c(c1)OCO2)C1CC(=O)N(c2n[nH]c3ccccc23)C1. The summed E-state index contributed by atoms with van der Waals surface area (Å²) in [6, 6.07) is 12.8. The lowest BCUT2D eigenvalue weighted by atomic mass is 10.1. The normalized spacial score (nSPS) is 18.3. The highest BCUT2D eigenvalue weighted by Gasteiger charge is 2.37. The fourth-order valence-electron chi connectivity index (χ4n) is 3.46. The number of ether oxygens (including phenoxy) is 2. The maximum atomic E-state index is 12.6. The number of aromatic amines is 1. The molecule has 0 aliphatic carbocycles. The number of H-pyrrole nitrogens is 1. The summed E-state index contributed by atoms with van der Waals surface area (Å²) >= 11 is 0. The Labute approximate surface area is 154 Å². The Morgan fingerprint density at radius 2 is 2.04 bits per heavy atom. The summed E-state index contributed by atoms with van der Waals surface area (Å²) in [7, 11) is 0. The molecule has 1 saturated heterocycles. The zero-order chi connectivity index (χ0) is 18.4. The first-order valence-electron chi connectivity index (χ1n) is 8.63. The summed E-state index contributed by atoms with van der Waals surface area (Å²) in [6.07, 6.45) is 0.150. The van der Waals surface area contributed by atoms with Crippen molar-refractivity contribution in [1.82, 2.24) is 10.2 Å². The number of anilines is 2. The molecule has 136 valence electrons. The van der Waals surface area contributed by atoms with Gasteiger partial charge in [-0.15, -0.1) is 0 Å². The van der Waals surface area contributed by atoms with E-state index >= 15 is 0 Å². The van der Waals surface area contributed by atoms with E-state index < -0.39 is 5.92 Å². The molecule has 3 heterocycles. The van der Waals surface area contributed by atoms with E-state index in [4.69, 9.17) is 9.47 Å². The molecule has 2 N–H and O–H groups in total. The zero-order valence-corrected chi connectivity index (χ0v) is 14.3. The van der Waals surface area contributed by atoms with Gasteiger partial charge in [0, 0.05) is 30.1 Å². The molecular weight excluding hydrogens is 348 g/mol. The predicted molar refractivity (Wildman–Crippen MR) is 97.7 cm³/mol. The number of fused-ring (bicyclic) bond motifs is 2. The maximum Gasteiger partial charge on any atom is 0.231 e. The number of amides is 2. The Hall–Kier alpha value is -3.55. The van der Waals surface area contributed by atoms with Gasteiger partial charge >= 0.3 is 0 Å². The van der Waals surface area contributed by atoms with Crippen LogP contribution in [0.3, 0.4) is 0 Å². The molecule has 1 aromatic heterocycles. The van der Waals surface area contributed by atoms with Crippen molar-refractivity contribution >= 4 is 34.2 Å². The van der Waals surface area contributed by atoms with E-state index in [2.05, 4.69) is 15.5 Å². The lowest BCUT2D eigenvalue weighted by Gasteiger charge is -2.14. The third-order valence-corrected chi connectivity index (χ3v) is 4.84. The highest BCUT2D eigenvalue weighted by molar-refractivity contribution is 6.07. The van der Waals surface area contributed by atoms with Crippen molar-refractivity contribution in [3.8, 4) is 11.5 Å². The highest BCUT2D eigenvalue weighted by Crippen LogP contribution is 2.35. The molecule has 8 heteroatoms. The Morgan fingerprint density at radius 1 is 1.19 bits per heavy atom. The van der Waals surface area contributed by atoms with Crippen molar-refractivity contribution in [2.24, 2.45) is 5.92 Å². The van der Waals surface area contributed by atoms with Crippen molar-refractivity contribution in [3.05, 3.63) is 42.5 Å². The molecule has 1 atom stereocenters. The van der Waals surface area contributed by atoms with E-state index in [-0.39, 0.29) is 25.0 Å². The summed E-state index contributed by atoms with van der Waals surface area (Å²) in [5.41, 5.74) is 1.47. The third-order valence-electron chi connectivity index (χ3n) is 4.84. The van der Waals surface area contributed by atoms with Crippen LogP contribution in [0.5, 0.6) is 11.5 Å². The topological polar surface area (TPSA) is 96.5 Å². The molecule has 1 unspecified atom stereocenters. The molecule has 0 bridgehead atoms. The van der Waals surface area contributed by atoms with Crippen LogP contribution in [0.4, 0.5) is 11.5 Å². The average Bonchev–Trinajstić information content (AvgIpc) is 3.38. The van der Waals surface area contributed by atoms with Crippen LogP contribution >= 0.6 is 0 Å². The van der Waals surface area contributed by atoms with Gasteiger partial charge in [0.2, 0.25) is 18.6 Å². The molecule has 27 heavy (non-hydrogen) atoms. The van der Waals surface area contributed by atoms with Gasteiger partial charge in [0.1, 0.15) is 0 Å². The first-order valence-corrected chi connectivity index (χ1v) is 8.63. The molecule has 2 aliphatic heterocycles. The van der Waals surface area contributed by atoms with E-state index in [1.807, 2.05) is 24.3 Å². The molecular formula is C19H16N4O4. The maximum absolute atomic E-state index is 12.6. The Balaban J connectivity index is 1.33. The zero-order valence-electron chi connectivity index (χ0n) is 14.3. The smallest absolute Gasteiger partial charge is 0.231 e. The summed E-state index contributed by atoms with van der Waals surface area (Å²) in [5, 5.41) is 10.9. The number of benzene rings is 2. The van der Waals surface area contributed by atoms with Crippen LogP contribution in [0, 0.1) is 5.92 Å². The number of carbonyl (C=O) groups excluding carboxylic acids is 2. The van der Waals surface area contributed by atoms with Crippen LogP contribution in [0.1, 0.15) is 6.42 Å². The molecule has 2 aromatic carbocycles. The molecule has 8 nitrogen and oxygen atoms in total. The number of carbonyl (C=O) groups is 2. The van der Waals surface area contributed by atoms with Crippen molar-refractivity contribution < 1.29 is 19.1 Å². The van der Waals surface area contributed by atoms with Crippen molar-refractivity contribution in [2.45, 2.75) is 6.42 Å². The second kappa shape index (κ2) is 6.01. The summed E-state index contributed by atoms with van der Waals surface area (Å²) in [4.78, 5) is 26.7. The van der Waals surface area contributed by atoms with Crippen LogP contribution in [0.2, 0.25) is 0 Å². The first kappa shape index (κ1) is 15.7. The van der Waals surface area contributed by atoms with Gasteiger partial charge in [-0.25, -0.2) is 0 Å². The van der Waals surface area contributed by atoms with Crippen LogP contribution in [0.25, 0.3) is 10.9 Å². The molecule has 1 fully saturated rings. The molecule has 2 aliphatic rings. The highest BCUT2D eigenvalue weighted by atomic mass is 16.7. The Kier molecular flexibility index (Phi) is 3.49. The number of rotatable bonds is 3. The van der Waals surface area contributed by atoms with Gasteiger partial charge < -0.3 is 14.8 Å². The molecule has 0 saturated carbocycles. The minimum Gasteiger partial charge on any atom is -0.454 e. The summed E-state index contributed by atoms with van der Waals surface area (Å²) in [6.45, 7) is 0.473. The fraction of sp³-hybridized carbons (Fsp3) is 0.211. The van der Waals surface area contributed by atoms with Gasteiger partial charge in [-0.1, -0.05) is 12.1 Å². The number of para-hydroxylation sites is 1.